The first kappa shape index (κ1) is 21.6. The molecule has 0 spiro atoms. The van der Waals surface area contributed by atoms with Gasteiger partial charge < -0.3 is 10.6 Å². The molecular formula is C22H17F3N4O2S. The predicted molar refractivity (Wildman–Crippen MR) is 117 cm³/mol. The number of anilines is 2. The molecule has 10 heteroatoms. The van der Waals surface area contributed by atoms with E-state index in [1.807, 2.05) is 0 Å². The van der Waals surface area contributed by atoms with Crippen LogP contribution in [-0.4, -0.2) is 21.6 Å². The van der Waals surface area contributed by atoms with Crippen LogP contribution >= 0.6 is 11.3 Å². The Morgan fingerprint density at radius 2 is 1.66 bits per heavy atom. The zero-order chi connectivity index (χ0) is 23.0. The van der Waals surface area contributed by atoms with E-state index in [0.717, 1.165) is 23.5 Å². The highest BCUT2D eigenvalue weighted by Gasteiger charge is 2.31. The van der Waals surface area contributed by atoms with E-state index in [1.165, 1.54) is 23.7 Å². The summed E-state index contributed by atoms with van der Waals surface area (Å²) in [6, 6.07) is 13.2. The molecule has 0 saturated carbocycles. The van der Waals surface area contributed by atoms with Crippen molar-refractivity contribution in [2.75, 3.05) is 10.6 Å². The molecular weight excluding hydrogens is 441 g/mol. The van der Waals surface area contributed by atoms with Crippen LogP contribution in [0.3, 0.4) is 0 Å². The van der Waals surface area contributed by atoms with Crippen LogP contribution < -0.4 is 10.6 Å². The number of hydrogen-bond donors (Lipinski definition) is 2. The third kappa shape index (κ3) is 4.35. The number of thiophene rings is 1. The molecule has 4 aromatic rings. The van der Waals surface area contributed by atoms with E-state index in [1.54, 1.807) is 37.3 Å². The molecule has 164 valence electrons. The van der Waals surface area contributed by atoms with Gasteiger partial charge in [0.15, 0.2) is 0 Å². The lowest BCUT2D eigenvalue weighted by atomic mass is 10.2. The van der Waals surface area contributed by atoms with Crippen LogP contribution in [0.15, 0.2) is 54.6 Å². The van der Waals surface area contributed by atoms with Crippen LogP contribution in [0.1, 0.15) is 27.9 Å². The third-order valence-corrected chi connectivity index (χ3v) is 5.76. The largest absolute Gasteiger partial charge is 0.416 e. The first-order valence-electron chi connectivity index (χ1n) is 9.47. The summed E-state index contributed by atoms with van der Waals surface area (Å²) in [7, 11) is 0. The lowest BCUT2D eigenvalue weighted by Gasteiger charge is -2.09. The van der Waals surface area contributed by atoms with Crippen LogP contribution in [-0.2, 0) is 11.0 Å². The molecule has 32 heavy (non-hydrogen) atoms. The molecule has 0 fully saturated rings. The summed E-state index contributed by atoms with van der Waals surface area (Å²) in [4.78, 5) is 24.8. The number of carbonyl (C=O) groups is 2. The summed E-state index contributed by atoms with van der Waals surface area (Å²) in [5.41, 5.74) is 1.24. The van der Waals surface area contributed by atoms with Gasteiger partial charge in [-0.2, -0.15) is 18.3 Å². The molecule has 0 aliphatic heterocycles. The minimum atomic E-state index is -4.46. The lowest BCUT2D eigenvalue weighted by Crippen LogP contribution is -2.10. The lowest BCUT2D eigenvalue weighted by molar-refractivity contribution is -0.137. The Bertz CT molecular complexity index is 1320. The van der Waals surface area contributed by atoms with Gasteiger partial charge in [0.05, 0.1) is 21.8 Å². The maximum atomic E-state index is 13.1. The molecule has 2 N–H and O–H groups in total. The van der Waals surface area contributed by atoms with Gasteiger partial charge in [0.25, 0.3) is 5.91 Å². The van der Waals surface area contributed by atoms with Gasteiger partial charge in [-0.05, 0) is 55.5 Å². The highest BCUT2D eigenvalue weighted by atomic mass is 32.1. The monoisotopic (exact) mass is 458 g/mol. The molecule has 0 aliphatic rings. The Morgan fingerprint density at radius 3 is 2.28 bits per heavy atom. The molecule has 0 unspecified atom stereocenters. The molecule has 0 bridgehead atoms. The summed E-state index contributed by atoms with van der Waals surface area (Å²) in [5, 5.41) is 10.5. The number of fused-ring (bicyclic) bond motifs is 1. The van der Waals surface area contributed by atoms with Gasteiger partial charge in [0, 0.05) is 23.7 Å². The van der Waals surface area contributed by atoms with Crippen molar-refractivity contribution in [3.05, 3.63) is 70.7 Å². The number of amides is 2. The second-order valence-corrected chi connectivity index (χ2v) is 8.12. The highest BCUT2D eigenvalue weighted by Crippen LogP contribution is 2.34. The molecule has 4 rings (SSSR count). The van der Waals surface area contributed by atoms with E-state index in [0.29, 0.717) is 32.2 Å². The molecule has 0 atom stereocenters. The molecule has 2 amide bonds. The Hall–Kier alpha value is -3.66. The number of aromatic nitrogens is 2. The van der Waals surface area contributed by atoms with Crippen molar-refractivity contribution in [1.82, 2.24) is 9.78 Å². The molecule has 2 aromatic heterocycles. The number of alkyl halides is 3. The molecule has 2 heterocycles. The van der Waals surface area contributed by atoms with Gasteiger partial charge in [-0.1, -0.05) is 6.07 Å². The van der Waals surface area contributed by atoms with Crippen molar-refractivity contribution < 1.29 is 22.8 Å². The zero-order valence-electron chi connectivity index (χ0n) is 16.9. The van der Waals surface area contributed by atoms with Crippen molar-refractivity contribution in [3.8, 4) is 5.69 Å². The van der Waals surface area contributed by atoms with E-state index in [4.69, 9.17) is 0 Å². The third-order valence-electron chi connectivity index (χ3n) is 4.65. The van der Waals surface area contributed by atoms with Crippen LogP contribution in [0.25, 0.3) is 15.9 Å². The van der Waals surface area contributed by atoms with Gasteiger partial charge >= 0.3 is 6.18 Å². The Balaban J connectivity index is 1.62. The van der Waals surface area contributed by atoms with Crippen LogP contribution in [0.2, 0.25) is 0 Å². The van der Waals surface area contributed by atoms with Crippen molar-refractivity contribution in [2.45, 2.75) is 20.0 Å². The van der Waals surface area contributed by atoms with Crippen LogP contribution in [0.4, 0.5) is 24.5 Å². The quantitative estimate of drug-likeness (QED) is 0.417. The van der Waals surface area contributed by atoms with Crippen molar-refractivity contribution in [2.24, 2.45) is 0 Å². The summed E-state index contributed by atoms with van der Waals surface area (Å²) in [5.74, 6) is -0.550. The SMILES string of the molecule is CC(=O)Nc1ccc(NC(=O)c2cc3c(C)nn(-c4cccc(C(F)(F)F)c4)c3s2)cc1. The van der Waals surface area contributed by atoms with Gasteiger partial charge in [-0.15, -0.1) is 11.3 Å². The van der Waals surface area contributed by atoms with E-state index in [9.17, 15) is 22.8 Å². The molecule has 0 saturated heterocycles. The van der Waals surface area contributed by atoms with E-state index in [-0.39, 0.29) is 17.5 Å². The standard InChI is InChI=1S/C22H17F3N4O2S/c1-12-18-11-19(20(31)27-16-8-6-15(7-9-16)26-13(2)30)32-21(18)29(28-12)17-5-3-4-14(10-17)22(23,24)25/h3-11H,1-2H3,(H,26,30)(H,27,31). The molecule has 0 radical (unpaired) electrons. The van der Waals surface area contributed by atoms with Gasteiger partial charge in [-0.25, -0.2) is 4.68 Å². The maximum absolute atomic E-state index is 13.1. The van der Waals surface area contributed by atoms with E-state index in [2.05, 4.69) is 15.7 Å². The van der Waals surface area contributed by atoms with Crippen molar-refractivity contribution in [3.63, 3.8) is 0 Å². The first-order valence-corrected chi connectivity index (χ1v) is 10.3. The van der Waals surface area contributed by atoms with E-state index < -0.39 is 11.7 Å². The summed E-state index contributed by atoms with van der Waals surface area (Å²) >= 11 is 1.14. The number of nitrogens with one attached hydrogen (secondary N) is 2. The average Bonchev–Trinajstić information content (AvgIpc) is 3.29. The highest BCUT2D eigenvalue weighted by molar-refractivity contribution is 7.20. The number of nitrogens with zero attached hydrogens (tertiary/aromatic N) is 2. The van der Waals surface area contributed by atoms with Gasteiger partial charge in [-0.3, -0.25) is 9.59 Å². The Morgan fingerprint density at radius 1 is 1.00 bits per heavy atom. The normalized spacial score (nSPS) is 11.5. The topological polar surface area (TPSA) is 76.0 Å². The van der Waals surface area contributed by atoms with Crippen molar-refractivity contribution in [1.29, 1.82) is 0 Å². The summed E-state index contributed by atoms with van der Waals surface area (Å²) in [6.45, 7) is 3.14. The second kappa shape index (κ2) is 8.12. The average molecular weight is 458 g/mol. The summed E-state index contributed by atoms with van der Waals surface area (Å²) in [6.07, 6.45) is -4.46. The van der Waals surface area contributed by atoms with Gasteiger partial charge in [0.1, 0.15) is 4.83 Å². The smallest absolute Gasteiger partial charge is 0.326 e. The second-order valence-electron chi connectivity index (χ2n) is 7.09. The molecule has 6 nitrogen and oxygen atoms in total. The zero-order valence-corrected chi connectivity index (χ0v) is 17.8. The Kier molecular flexibility index (Phi) is 5.47. The minimum Gasteiger partial charge on any atom is -0.326 e. The fourth-order valence-corrected chi connectivity index (χ4v) is 4.26. The van der Waals surface area contributed by atoms with Crippen LogP contribution in [0, 0.1) is 6.92 Å². The molecule has 0 aliphatic carbocycles. The number of carbonyl (C=O) groups excluding carboxylic acids is 2. The number of rotatable bonds is 4. The Labute approximate surface area is 184 Å². The molecule has 2 aromatic carbocycles. The maximum Gasteiger partial charge on any atom is 0.416 e. The number of aryl methyl sites for hydroxylation is 1. The fourth-order valence-electron chi connectivity index (χ4n) is 3.18. The van der Waals surface area contributed by atoms with Crippen LogP contribution in [0.5, 0.6) is 0 Å². The fraction of sp³-hybridized carbons (Fsp3) is 0.136. The van der Waals surface area contributed by atoms with E-state index >= 15 is 0 Å². The number of hydrogen-bond acceptors (Lipinski definition) is 4. The minimum absolute atomic E-state index is 0.197. The number of benzene rings is 2. The predicted octanol–water partition coefficient (Wildman–Crippen LogP) is 5.62. The first-order chi connectivity index (χ1) is 15.1. The van der Waals surface area contributed by atoms with Gasteiger partial charge in [0.2, 0.25) is 5.91 Å². The van der Waals surface area contributed by atoms with Crippen molar-refractivity contribution >= 4 is 44.7 Å². The number of halogens is 3. The summed E-state index contributed by atoms with van der Waals surface area (Å²) < 4.78 is 40.7.